The summed E-state index contributed by atoms with van der Waals surface area (Å²) in [5.74, 6) is 1.03. The number of hydrogen-bond acceptors (Lipinski definition) is 2. The molecule has 0 atom stereocenters. The minimum Gasteiger partial charge on any atom is -0.703 e. The van der Waals surface area contributed by atoms with Crippen molar-refractivity contribution in [2.24, 2.45) is 7.05 Å². The van der Waals surface area contributed by atoms with Crippen LogP contribution in [-0.2, 0) is 19.7 Å². The minimum absolute atomic E-state index is 0.603. The molecule has 14 heavy (non-hydrogen) atoms. The van der Waals surface area contributed by atoms with Crippen LogP contribution >= 0.6 is 0 Å². The molecule has 0 saturated heterocycles. The minimum atomic E-state index is 0.603. The Labute approximate surface area is 88.4 Å². The summed E-state index contributed by atoms with van der Waals surface area (Å²) < 4.78 is 3.74. The maximum atomic E-state index is 5.09. The highest BCUT2D eigenvalue weighted by Gasteiger charge is 2.13. The van der Waals surface area contributed by atoms with Crippen LogP contribution in [0.4, 0.5) is 0 Å². The molecule has 1 aromatic heterocycles. The Morgan fingerprint density at radius 3 is 2.43 bits per heavy atom. The number of benzene rings is 1. The second-order valence-corrected chi connectivity index (χ2v) is 3.50. The molecule has 0 bridgehead atoms. The Kier molecular flexibility index (Phi) is 2.21. The van der Waals surface area contributed by atoms with Crippen LogP contribution in [0.25, 0.3) is 5.69 Å². The number of aromatic nitrogens is 3. The van der Waals surface area contributed by atoms with Gasteiger partial charge < -0.3 is 12.6 Å². The molecule has 0 unspecified atom stereocenters. The predicted octanol–water partition coefficient (Wildman–Crippen LogP) is 0.911. The zero-order valence-electron chi connectivity index (χ0n) is 8.14. The van der Waals surface area contributed by atoms with Gasteiger partial charge in [-0.05, 0) is 12.1 Å². The molecule has 0 N–H and O–H groups in total. The Balaban J connectivity index is 2.58. The molecule has 1 aromatic carbocycles. The third-order valence-electron chi connectivity index (χ3n) is 2.27. The first-order chi connectivity index (χ1) is 6.70. The predicted molar refractivity (Wildman–Crippen MR) is 55.1 cm³/mol. The zero-order chi connectivity index (χ0) is 10.1. The molecule has 72 valence electrons. The van der Waals surface area contributed by atoms with E-state index in [0.717, 1.165) is 11.5 Å². The van der Waals surface area contributed by atoms with Gasteiger partial charge in [0, 0.05) is 12.0 Å². The van der Waals surface area contributed by atoms with Gasteiger partial charge in [-0.15, -0.1) is 0 Å². The lowest BCUT2D eigenvalue weighted by Gasteiger charge is -1.95. The fraction of sp³-hybridized carbons (Fsp3) is 0.200. The Morgan fingerprint density at radius 1 is 1.29 bits per heavy atom. The van der Waals surface area contributed by atoms with Crippen LogP contribution in [0.5, 0.6) is 0 Å². The number of nitrogens with zero attached hydrogens (tertiary/aromatic N) is 3. The van der Waals surface area contributed by atoms with Crippen LogP contribution in [0.1, 0.15) is 5.82 Å². The van der Waals surface area contributed by atoms with Crippen LogP contribution < -0.4 is 4.57 Å². The van der Waals surface area contributed by atoms with E-state index in [1.54, 1.807) is 0 Å². The summed E-state index contributed by atoms with van der Waals surface area (Å²) in [4.78, 5) is 0. The molecule has 0 spiro atoms. The van der Waals surface area contributed by atoms with Gasteiger partial charge in [0.05, 0.1) is 7.05 Å². The molecule has 0 radical (unpaired) electrons. The highest BCUT2D eigenvalue weighted by Crippen LogP contribution is 2.06. The quantitative estimate of drug-likeness (QED) is 0.510. The first-order valence-electron chi connectivity index (χ1n) is 4.38. The topological polar surface area (TPSA) is 21.7 Å². The average molecular weight is 205 g/mol. The summed E-state index contributed by atoms with van der Waals surface area (Å²) in [6.07, 6.45) is 0. The highest BCUT2D eigenvalue weighted by molar-refractivity contribution is 7.58. The summed E-state index contributed by atoms with van der Waals surface area (Å²) >= 11 is 5.09. The van der Waals surface area contributed by atoms with E-state index in [2.05, 4.69) is 5.10 Å². The summed E-state index contributed by atoms with van der Waals surface area (Å²) in [6.45, 7) is 2.00. The SMILES string of the molecule is Cc1n(-c2ccccc2)nc([S-])[n+]1C. The Hall–Kier alpha value is -1.42. The van der Waals surface area contributed by atoms with Gasteiger partial charge in [0.25, 0.3) is 0 Å². The molecule has 0 aliphatic carbocycles. The van der Waals surface area contributed by atoms with Gasteiger partial charge in [-0.25, -0.2) is 0 Å². The fourth-order valence-electron chi connectivity index (χ4n) is 1.32. The molecule has 2 aromatic rings. The van der Waals surface area contributed by atoms with Crippen molar-refractivity contribution in [3.63, 3.8) is 0 Å². The molecular formula is C10H11N3S. The van der Waals surface area contributed by atoms with Crippen LogP contribution in [0.15, 0.2) is 35.5 Å². The van der Waals surface area contributed by atoms with E-state index >= 15 is 0 Å². The van der Waals surface area contributed by atoms with Gasteiger partial charge in [0.15, 0.2) is 5.16 Å². The van der Waals surface area contributed by atoms with Gasteiger partial charge in [-0.1, -0.05) is 22.9 Å². The van der Waals surface area contributed by atoms with E-state index in [1.165, 1.54) is 0 Å². The van der Waals surface area contributed by atoms with Gasteiger partial charge in [-0.3, -0.25) is 4.57 Å². The van der Waals surface area contributed by atoms with Gasteiger partial charge in [-0.2, -0.15) is 0 Å². The Morgan fingerprint density at radius 2 is 1.93 bits per heavy atom. The van der Waals surface area contributed by atoms with Crippen molar-refractivity contribution in [1.29, 1.82) is 0 Å². The smallest absolute Gasteiger partial charge is 0.237 e. The van der Waals surface area contributed by atoms with E-state index in [0.29, 0.717) is 5.16 Å². The lowest BCUT2D eigenvalue weighted by Crippen LogP contribution is -2.32. The zero-order valence-corrected chi connectivity index (χ0v) is 8.95. The summed E-state index contributed by atoms with van der Waals surface area (Å²) in [5, 5.41) is 4.88. The monoisotopic (exact) mass is 205 g/mol. The summed E-state index contributed by atoms with van der Waals surface area (Å²) in [5.41, 5.74) is 1.04. The largest absolute Gasteiger partial charge is 0.703 e. The molecular weight excluding hydrogens is 194 g/mol. The van der Waals surface area contributed by atoms with Crippen molar-refractivity contribution in [3.8, 4) is 5.69 Å². The molecule has 3 nitrogen and oxygen atoms in total. The molecule has 0 aliphatic heterocycles. The second kappa shape index (κ2) is 3.38. The lowest BCUT2D eigenvalue weighted by atomic mass is 10.3. The van der Waals surface area contributed by atoms with Crippen LogP contribution in [0.2, 0.25) is 0 Å². The maximum Gasteiger partial charge on any atom is 0.237 e. The van der Waals surface area contributed by atoms with Crippen molar-refractivity contribution < 1.29 is 4.57 Å². The van der Waals surface area contributed by atoms with Crippen LogP contribution in [-0.4, -0.2) is 9.78 Å². The van der Waals surface area contributed by atoms with E-state index in [4.69, 9.17) is 12.6 Å². The molecule has 2 rings (SSSR count). The number of rotatable bonds is 1. The number of hydrogen-bond donors (Lipinski definition) is 0. The molecule has 0 fully saturated rings. The van der Waals surface area contributed by atoms with Gasteiger partial charge in [0.2, 0.25) is 5.82 Å². The second-order valence-electron chi connectivity index (χ2n) is 3.14. The molecule has 0 amide bonds. The third kappa shape index (κ3) is 1.37. The average Bonchev–Trinajstić information content (AvgIpc) is 2.47. The van der Waals surface area contributed by atoms with Crippen molar-refractivity contribution in [2.45, 2.75) is 12.1 Å². The van der Waals surface area contributed by atoms with Crippen LogP contribution in [0.3, 0.4) is 0 Å². The lowest BCUT2D eigenvalue weighted by molar-refractivity contribution is -0.715. The van der Waals surface area contributed by atoms with Gasteiger partial charge in [0.1, 0.15) is 5.69 Å². The first-order valence-corrected chi connectivity index (χ1v) is 4.79. The van der Waals surface area contributed by atoms with E-state index < -0.39 is 0 Å². The fourth-order valence-corrected chi connectivity index (χ4v) is 1.53. The molecule has 4 heteroatoms. The molecule has 0 saturated carbocycles. The van der Waals surface area contributed by atoms with Gasteiger partial charge >= 0.3 is 0 Å². The number of para-hydroxylation sites is 1. The summed E-state index contributed by atoms with van der Waals surface area (Å²) in [6, 6.07) is 9.97. The van der Waals surface area contributed by atoms with Crippen molar-refractivity contribution >= 4 is 12.6 Å². The standard InChI is InChI=1S/C10H11N3S/c1-8-12(2)10(14)11-13(8)9-6-4-3-5-7-9/h3-7H,1-2H3. The third-order valence-corrected chi connectivity index (χ3v) is 2.62. The normalized spacial score (nSPS) is 10.4. The van der Waals surface area contributed by atoms with E-state index in [1.807, 2.05) is 53.6 Å². The highest BCUT2D eigenvalue weighted by atomic mass is 32.1. The molecule has 0 aliphatic rings. The van der Waals surface area contributed by atoms with Crippen molar-refractivity contribution in [1.82, 2.24) is 9.78 Å². The Bertz CT molecular complexity index is 448. The molecule has 1 heterocycles. The van der Waals surface area contributed by atoms with Crippen molar-refractivity contribution in [2.75, 3.05) is 0 Å². The maximum absolute atomic E-state index is 5.09. The van der Waals surface area contributed by atoms with Crippen molar-refractivity contribution in [3.05, 3.63) is 36.2 Å². The summed E-state index contributed by atoms with van der Waals surface area (Å²) in [7, 11) is 1.92. The first kappa shape index (κ1) is 9.15. The van der Waals surface area contributed by atoms with Crippen LogP contribution in [0, 0.1) is 6.92 Å². The van der Waals surface area contributed by atoms with E-state index in [-0.39, 0.29) is 0 Å². The van der Waals surface area contributed by atoms with E-state index in [9.17, 15) is 0 Å².